The zero-order valence-electron chi connectivity index (χ0n) is 15.0. The van der Waals surface area contributed by atoms with Crippen molar-refractivity contribution in [1.82, 2.24) is 0 Å². The van der Waals surface area contributed by atoms with Gasteiger partial charge in [0.2, 0.25) is 0 Å². The van der Waals surface area contributed by atoms with Crippen LogP contribution in [0.15, 0.2) is 35.9 Å². The van der Waals surface area contributed by atoms with Crippen LogP contribution in [0.2, 0.25) is 0 Å². The standard InChI is InChI=1S/C23H23F2N/c1-2-3-4-5-16-8-10-20-13-17(9-11-19(20)12-16)6-7-18-14-21(24)23(26)22(25)15-18/h9,11-15H,2-5,8,10,26H2,1H3. The van der Waals surface area contributed by atoms with Gasteiger partial charge in [-0.15, -0.1) is 0 Å². The minimum Gasteiger partial charge on any atom is -0.394 e. The van der Waals surface area contributed by atoms with Crippen molar-refractivity contribution in [3.8, 4) is 11.8 Å². The second kappa shape index (κ2) is 8.19. The Balaban J connectivity index is 1.77. The lowest BCUT2D eigenvalue weighted by molar-refractivity contribution is 0.591. The van der Waals surface area contributed by atoms with Crippen molar-refractivity contribution in [2.75, 3.05) is 5.73 Å². The Labute approximate surface area is 153 Å². The number of hydrogen-bond donors (Lipinski definition) is 1. The normalized spacial score (nSPS) is 12.8. The summed E-state index contributed by atoms with van der Waals surface area (Å²) in [5.74, 6) is 4.26. The van der Waals surface area contributed by atoms with Crippen molar-refractivity contribution in [2.45, 2.75) is 45.4 Å². The van der Waals surface area contributed by atoms with Crippen LogP contribution in [0.25, 0.3) is 6.08 Å². The minimum absolute atomic E-state index is 0.282. The molecule has 3 rings (SSSR count). The first-order chi connectivity index (χ1) is 12.6. The van der Waals surface area contributed by atoms with Crippen LogP contribution in [0, 0.1) is 23.5 Å². The monoisotopic (exact) mass is 351 g/mol. The number of unbranched alkanes of at least 4 members (excludes halogenated alkanes) is 2. The highest BCUT2D eigenvalue weighted by molar-refractivity contribution is 5.61. The summed E-state index contributed by atoms with van der Waals surface area (Å²) < 4.78 is 27.0. The van der Waals surface area contributed by atoms with Crippen LogP contribution in [0.3, 0.4) is 0 Å². The van der Waals surface area contributed by atoms with E-state index in [-0.39, 0.29) is 5.56 Å². The largest absolute Gasteiger partial charge is 0.394 e. The summed E-state index contributed by atoms with van der Waals surface area (Å²) in [5.41, 5.74) is 10.0. The van der Waals surface area contributed by atoms with Crippen molar-refractivity contribution in [1.29, 1.82) is 0 Å². The smallest absolute Gasteiger partial charge is 0.150 e. The number of rotatable bonds is 4. The topological polar surface area (TPSA) is 26.0 Å². The van der Waals surface area contributed by atoms with E-state index >= 15 is 0 Å². The van der Waals surface area contributed by atoms with Crippen LogP contribution in [0.1, 0.15) is 61.3 Å². The van der Waals surface area contributed by atoms with Gasteiger partial charge in [-0.05, 0) is 61.1 Å². The molecule has 0 aromatic heterocycles. The fraction of sp³-hybridized carbons (Fsp3) is 0.304. The van der Waals surface area contributed by atoms with Gasteiger partial charge >= 0.3 is 0 Å². The van der Waals surface area contributed by atoms with Gasteiger partial charge < -0.3 is 5.73 Å². The Morgan fingerprint density at radius 1 is 0.962 bits per heavy atom. The van der Waals surface area contributed by atoms with Crippen LogP contribution >= 0.6 is 0 Å². The molecule has 0 saturated heterocycles. The zero-order chi connectivity index (χ0) is 18.5. The van der Waals surface area contributed by atoms with Gasteiger partial charge in [0.05, 0.1) is 0 Å². The molecule has 0 saturated carbocycles. The molecule has 0 spiro atoms. The highest BCUT2D eigenvalue weighted by Gasteiger charge is 2.10. The number of anilines is 1. The third-order valence-corrected chi connectivity index (χ3v) is 4.75. The summed E-state index contributed by atoms with van der Waals surface area (Å²) in [5, 5.41) is 0. The Hall–Kier alpha value is -2.60. The van der Waals surface area contributed by atoms with E-state index in [1.165, 1.54) is 42.4 Å². The summed E-state index contributed by atoms with van der Waals surface area (Å²) in [6, 6.07) is 8.44. The van der Waals surface area contributed by atoms with Gasteiger partial charge in [-0.2, -0.15) is 0 Å². The number of benzene rings is 2. The number of nitrogens with two attached hydrogens (primary N) is 1. The van der Waals surface area contributed by atoms with Gasteiger partial charge in [0.15, 0.2) is 0 Å². The molecule has 2 aromatic rings. The second-order valence-electron chi connectivity index (χ2n) is 6.78. The van der Waals surface area contributed by atoms with Gasteiger partial charge in [-0.1, -0.05) is 49.3 Å². The molecule has 0 amide bonds. The van der Waals surface area contributed by atoms with Crippen molar-refractivity contribution in [2.24, 2.45) is 0 Å². The van der Waals surface area contributed by atoms with Crippen molar-refractivity contribution >= 4 is 11.8 Å². The molecule has 2 N–H and O–H groups in total. The van der Waals surface area contributed by atoms with Gasteiger partial charge in [0, 0.05) is 11.1 Å². The quantitative estimate of drug-likeness (QED) is 0.417. The molecule has 0 radical (unpaired) electrons. The predicted octanol–water partition coefficient (Wildman–Crippen LogP) is 5.86. The molecule has 26 heavy (non-hydrogen) atoms. The number of fused-ring (bicyclic) bond motifs is 1. The van der Waals surface area contributed by atoms with E-state index in [1.54, 1.807) is 0 Å². The molecular formula is C23H23F2N. The fourth-order valence-corrected chi connectivity index (χ4v) is 3.23. The molecule has 0 heterocycles. The lowest BCUT2D eigenvalue weighted by atomic mass is 9.89. The summed E-state index contributed by atoms with van der Waals surface area (Å²) in [4.78, 5) is 0. The van der Waals surface area contributed by atoms with Gasteiger partial charge in [0.25, 0.3) is 0 Å². The Kier molecular flexibility index (Phi) is 5.73. The zero-order valence-corrected chi connectivity index (χ0v) is 15.0. The van der Waals surface area contributed by atoms with Gasteiger partial charge in [-0.25, -0.2) is 8.78 Å². The third-order valence-electron chi connectivity index (χ3n) is 4.75. The average Bonchev–Trinajstić information content (AvgIpc) is 2.64. The molecule has 2 aromatic carbocycles. The fourth-order valence-electron chi connectivity index (χ4n) is 3.23. The molecule has 1 nitrogen and oxygen atoms in total. The van der Waals surface area contributed by atoms with Crippen LogP contribution in [0.5, 0.6) is 0 Å². The molecular weight excluding hydrogens is 328 g/mol. The molecule has 0 bridgehead atoms. The maximum atomic E-state index is 13.5. The molecule has 1 aliphatic rings. The molecule has 3 heteroatoms. The third kappa shape index (κ3) is 4.32. The van der Waals surface area contributed by atoms with Crippen LogP contribution in [0.4, 0.5) is 14.5 Å². The molecule has 0 aliphatic heterocycles. The van der Waals surface area contributed by atoms with Crippen LogP contribution in [-0.4, -0.2) is 0 Å². The van der Waals surface area contributed by atoms with Crippen molar-refractivity contribution < 1.29 is 8.78 Å². The number of allylic oxidation sites excluding steroid dienone is 1. The molecule has 0 fully saturated rings. The van der Waals surface area contributed by atoms with E-state index in [4.69, 9.17) is 5.73 Å². The summed E-state index contributed by atoms with van der Waals surface area (Å²) in [7, 11) is 0. The summed E-state index contributed by atoms with van der Waals surface area (Å²) >= 11 is 0. The first-order valence-electron chi connectivity index (χ1n) is 9.15. The molecule has 1 aliphatic carbocycles. The first-order valence-corrected chi connectivity index (χ1v) is 9.15. The SMILES string of the molecule is CCCCCC1=Cc2ccc(C#Cc3cc(F)c(N)c(F)c3)cc2CC1. The maximum Gasteiger partial charge on any atom is 0.150 e. The molecule has 134 valence electrons. The first kappa shape index (κ1) is 18.2. The van der Waals surface area contributed by atoms with Crippen LogP contribution < -0.4 is 5.73 Å². The lowest BCUT2D eigenvalue weighted by Gasteiger charge is -2.16. The molecule has 0 unspecified atom stereocenters. The van der Waals surface area contributed by atoms with E-state index < -0.39 is 17.3 Å². The number of hydrogen-bond acceptors (Lipinski definition) is 1. The second-order valence-corrected chi connectivity index (χ2v) is 6.78. The number of halogens is 2. The maximum absolute atomic E-state index is 13.5. The number of aryl methyl sites for hydroxylation is 1. The lowest BCUT2D eigenvalue weighted by Crippen LogP contribution is -2.00. The molecule has 0 atom stereocenters. The van der Waals surface area contributed by atoms with Crippen molar-refractivity contribution in [3.63, 3.8) is 0 Å². The Morgan fingerprint density at radius 3 is 2.42 bits per heavy atom. The van der Waals surface area contributed by atoms with E-state index in [2.05, 4.69) is 37.0 Å². The van der Waals surface area contributed by atoms with E-state index in [9.17, 15) is 8.78 Å². The predicted molar refractivity (Wildman–Crippen MR) is 104 cm³/mol. The van der Waals surface area contributed by atoms with E-state index in [0.29, 0.717) is 0 Å². The highest BCUT2D eigenvalue weighted by Crippen LogP contribution is 2.27. The van der Waals surface area contributed by atoms with E-state index in [0.717, 1.165) is 30.5 Å². The number of nitrogen functional groups attached to an aromatic ring is 1. The van der Waals surface area contributed by atoms with Gasteiger partial charge in [-0.3, -0.25) is 0 Å². The van der Waals surface area contributed by atoms with Gasteiger partial charge in [0.1, 0.15) is 17.3 Å². The average molecular weight is 351 g/mol. The Morgan fingerprint density at radius 2 is 1.69 bits per heavy atom. The Bertz CT molecular complexity index is 877. The highest BCUT2D eigenvalue weighted by atomic mass is 19.1. The van der Waals surface area contributed by atoms with Crippen LogP contribution in [-0.2, 0) is 6.42 Å². The minimum atomic E-state index is -0.777. The summed E-state index contributed by atoms with van der Waals surface area (Å²) in [6.07, 6.45) is 9.39. The van der Waals surface area contributed by atoms with Crippen molar-refractivity contribution in [3.05, 3.63) is 69.8 Å². The van der Waals surface area contributed by atoms with E-state index in [1.807, 2.05) is 6.07 Å². The summed E-state index contributed by atoms with van der Waals surface area (Å²) in [6.45, 7) is 2.22.